The second-order valence-corrected chi connectivity index (χ2v) is 6.32. The largest absolute Gasteiger partial charge is 0.497 e. The quantitative estimate of drug-likeness (QED) is 0.720. The molecule has 1 aliphatic heterocycles. The van der Waals surface area contributed by atoms with Crippen molar-refractivity contribution >= 4 is 5.91 Å². The Labute approximate surface area is 159 Å². The van der Waals surface area contributed by atoms with Gasteiger partial charge in [-0.15, -0.1) is 0 Å². The van der Waals surface area contributed by atoms with E-state index in [-0.39, 0.29) is 11.9 Å². The van der Waals surface area contributed by atoms with Gasteiger partial charge < -0.3 is 24.3 Å². The molecule has 0 spiro atoms. The fourth-order valence-corrected chi connectivity index (χ4v) is 2.82. The van der Waals surface area contributed by atoms with E-state index < -0.39 is 0 Å². The maximum Gasteiger partial charge on any atom is 0.220 e. The number of benzene rings is 2. The second kappa shape index (κ2) is 9.16. The first-order chi connectivity index (χ1) is 13.2. The molecule has 144 valence electrons. The monoisotopic (exact) mass is 371 g/mol. The Kier molecular flexibility index (Phi) is 6.41. The lowest BCUT2D eigenvalue weighted by Gasteiger charge is -2.21. The molecule has 1 N–H and O–H groups in total. The summed E-state index contributed by atoms with van der Waals surface area (Å²) in [6.45, 7) is 3.55. The molecular formula is C21H25NO5. The number of nitrogens with one attached hydrogen (secondary N) is 1. The molecule has 1 heterocycles. The van der Waals surface area contributed by atoms with E-state index in [9.17, 15) is 4.79 Å². The highest BCUT2D eigenvalue weighted by Gasteiger charge is 2.15. The first-order valence-electron chi connectivity index (χ1n) is 9.11. The van der Waals surface area contributed by atoms with Crippen LogP contribution in [-0.4, -0.2) is 32.8 Å². The standard InChI is InChI=1S/C21H25NO5/c1-15(16-5-10-19-20(14-16)27-13-12-26-19)22-21(23)4-3-11-25-18-8-6-17(24-2)7-9-18/h5-10,14-15H,3-4,11-13H2,1-2H3,(H,22,23)/t15-/m0/s1. The summed E-state index contributed by atoms with van der Waals surface area (Å²) in [5.74, 6) is 3.03. The molecule has 1 amide bonds. The number of ether oxygens (including phenoxy) is 4. The molecule has 0 saturated heterocycles. The predicted octanol–water partition coefficient (Wildman–Crippen LogP) is 3.50. The van der Waals surface area contributed by atoms with Crippen LogP contribution in [0.1, 0.15) is 31.4 Å². The van der Waals surface area contributed by atoms with Gasteiger partial charge in [0.05, 0.1) is 19.8 Å². The normalized spacial score (nSPS) is 13.6. The average Bonchev–Trinajstić information content (AvgIpc) is 2.71. The van der Waals surface area contributed by atoms with Crippen molar-refractivity contribution in [1.29, 1.82) is 0 Å². The van der Waals surface area contributed by atoms with Crippen LogP contribution < -0.4 is 24.3 Å². The molecule has 2 aromatic carbocycles. The van der Waals surface area contributed by atoms with Gasteiger partial charge in [-0.1, -0.05) is 6.07 Å². The van der Waals surface area contributed by atoms with E-state index in [2.05, 4.69) is 5.32 Å². The lowest BCUT2D eigenvalue weighted by atomic mass is 10.1. The Morgan fingerprint density at radius 2 is 1.78 bits per heavy atom. The third-order valence-corrected chi connectivity index (χ3v) is 4.32. The van der Waals surface area contributed by atoms with Crippen LogP contribution >= 0.6 is 0 Å². The van der Waals surface area contributed by atoms with E-state index >= 15 is 0 Å². The fourth-order valence-electron chi connectivity index (χ4n) is 2.82. The number of carbonyl (C=O) groups is 1. The van der Waals surface area contributed by atoms with Crippen LogP contribution in [0.4, 0.5) is 0 Å². The SMILES string of the molecule is COc1ccc(OCCCC(=O)N[C@@H](C)c2ccc3c(c2)OCCO3)cc1. The van der Waals surface area contributed by atoms with Crippen molar-refractivity contribution in [2.75, 3.05) is 26.9 Å². The number of hydrogen-bond acceptors (Lipinski definition) is 5. The fraction of sp³-hybridized carbons (Fsp3) is 0.381. The van der Waals surface area contributed by atoms with Crippen LogP contribution in [0.2, 0.25) is 0 Å². The zero-order valence-corrected chi connectivity index (χ0v) is 15.7. The van der Waals surface area contributed by atoms with Gasteiger partial charge in [0, 0.05) is 6.42 Å². The molecule has 0 fully saturated rings. The minimum atomic E-state index is -0.101. The van der Waals surface area contributed by atoms with Crippen LogP contribution in [0.15, 0.2) is 42.5 Å². The van der Waals surface area contributed by atoms with E-state index in [1.54, 1.807) is 7.11 Å². The van der Waals surface area contributed by atoms with Crippen LogP contribution in [0, 0.1) is 0 Å². The molecule has 2 aromatic rings. The molecule has 0 aromatic heterocycles. The van der Waals surface area contributed by atoms with E-state index in [1.807, 2.05) is 49.4 Å². The number of amides is 1. The maximum absolute atomic E-state index is 12.2. The van der Waals surface area contributed by atoms with Gasteiger partial charge >= 0.3 is 0 Å². The Hall–Kier alpha value is -2.89. The zero-order valence-electron chi connectivity index (χ0n) is 15.7. The Bertz CT molecular complexity index is 760. The molecule has 0 aliphatic carbocycles. The molecule has 3 rings (SSSR count). The molecule has 1 aliphatic rings. The summed E-state index contributed by atoms with van der Waals surface area (Å²) in [6.07, 6.45) is 1.05. The highest BCUT2D eigenvalue weighted by atomic mass is 16.6. The maximum atomic E-state index is 12.2. The Morgan fingerprint density at radius 1 is 1.07 bits per heavy atom. The highest BCUT2D eigenvalue weighted by molar-refractivity contribution is 5.76. The van der Waals surface area contributed by atoms with E-state index in [4.69, 9.17) is 18.9 Å². The summed E-state index contributed by atoms with van der Waals surface area (Å²) < 4.78 is 21.9. The minimum absolute atomic E-state index is 0.00396. The minimum Gasteiger partial charge on any atom is -0.497 e. The van der Waals surface area contributed by atoms with Gasteiger partial charge in [0.1, 0.15) is 24.7 Å². The summed E-state index contributed by atoms with van der Waals surface area (Å²) in [5.41, 5.74) is 0.988. The van der Waals surface area contributed by atoms with Crippen LogP contribution in [0.3, 0.4) is 0 Å². The van der Waals surface area contributed by atoms with E-state index in [0.29, 0.717) is 32.7 Å². The Morgan fingerprint density at radius 3 is 2.52 bits per heavy atom. The van der Waals surface area contributed by atoms with Crippen molar-refractivity contribution in [3.8, 4) is 23.0 Å². The summed E-state index contributed by atoms with van der Waals surface area (Å²) in [7, 11) is 1.63. The molecule has 27 heavy (non-hydrogen) atoms. The molecule has 0 saturated carbocycles. The average molecular weight is 371 g/mol. The van der Waals surface area contributed by atoms with Crippen LogP contribution in [-0.2, 0) is 4.79 Å². The van der Waals surface area contributed by atoms with Gasteiger partial charge in [-0.05, 0) is 55.3 Å². The summed E-state index contributed by atoms with van der Waals surface area (Å²) >= 11 is 0. The summed E-state index contributed by atoms with van der Waals surface area (Å²) in [5, 5.41) is 3.01. The van der Waals surface area contributed by atoms with Crippen LogP contribution in [0.25, 0.3) is 0 Å². The van der Waals surface area contributed by atoms with Gasteiger partial charge in [-0.2, -0.15) is 0 Å². The first kappa shape index (κ1) is 18.9. The number of rotatable bonds is 8. The van der Waals surface area contributed by atoms with Crippen LogP contribution in [0.5, 0.6) is 23.0 Å². The molecule has 6 nitrogen and oxygen atoms in total. The molecule has 0 radical (unpaired) electrons. The lowest BCUT2D eigenvalue weighted by molar-refractivity contribution is -0.121. The summed E-state index contributed by atoms with van der Waals surface area (Å²) in [6, 6.07) is 13.0. The first-order valence-corrected chi connectivity index (χ1v) is 9.11. The molecule has 6 heteroatoms. The van der Waals surface area contributed by atoms with Gasteiger partial charge in [0.15, 0.2) is 11.5 Å². The van der Waals surface area contributed by atoms with Crippen molar-refractivity contribution in [1.82, 2.24) is 5.32 Å². The van der Waals surface area contributed by atoms with Crippen molar-refractivity contribution < 1.29 is 23.7 Å². The molecular weight excluding hydrogens is 346 g/mol. The van der Waals surface area contributed by atoms with Gasteiger partial charge in [0.25, 0.3) is 0 Å². The highest BCUT2D eigenvalue weighted by Crippen LogP contribution is 2.32. The zero-order chi connectivity index (χ0) is 19.1. The second-order valence-electron chi connectivity index (χ2n) is 6.32. The van der Waals surface area contributed by atoms with Crippen molar-refractivity contribution in [2.45, 2.75) is 25.8 Å². The Balaban J connectivity index is 1.40. The predicted molar refractivity (Wildman–Crippen MR) is 102 cm³/mol. The number of methoxy groups -OCH3 is 1. The van der Waals surface area contributed by atoms with Crippen molar-refractivity contribution in [3.05, 3.63) is 48.0 Å². The smallest absolute Gasteiger partial charge is 0.220 e. The molecule has 0 bridgehead atoms. The number of fused-ring (bicyclic) bond motifs is 1. The van der Waals surface area contributed by atoms with Gasteiger partial charge in [-0.3, -0.25) is 4.79 Å². The van der Waals surface area contributed by atoms with Gasteiger partial charge in [0.2, 0.25) is 5.91 Å². The van der Waals surface area contributed by atoms with Crippen molar-refractivity contribution in [3.63, 3.8) is 0 Å². The third-order valence-electron chi connectivity index (χ3n) is 4.32. The molecule has 0 unspecified atom stereocenters. The lowest BCUT2D eigenvalue weighted by Crippen LogP contribution is -2.27. The van der Waals surface area contributed by atoms with Crippen molar-refractivity contribution in [2.24, 2.45) is 0 Å². The van der Waals surface area contributed by atoms with E-state index in [0.717, 1.165) is 28.6 Å². The number of hydrogen-bond donors (Lipinski definition) is 1. The summed E-state index contributed by atoms with van der Waals surface area (Å²) in [4.78, 5) is 12.2. The van der Waals surface area contributed by atoms with Gasteiger partial charge in [-0.25, -0.2) is 0 Å². The number of carbonyl (C=O) groups excluding carboxylic acids is 1. The third kappa shape index (κ3) is 5.29. The topological polar surface area (TPSA) is 66.0 Å². The molecule has 1 atom stereocenters. The van der Waals surface area contributed by atoms with E-state index in [1.165, 1.54) is 0 Å².